The van der Waals surface area contributed by atoms with Crippen molar-refractivity contribution in [3.63, 3.8) is 0 Å². The molecule has 22 heavy (non-hydrogen) atoms. The maximum absolute atomic E-state index is 11.8. The van der Waals surface area contributed by atoms with E-state index in [1.807, 2.05) is 11.8 Å². The number of nitrogens with zero attached hydrogens (tertiary/aromatic N) is 2. The summed E-state index contributed by atoms with van der Waals surface area (Å²) in [6.45, 7) is 0.217. The van der Waals surface area contributed by atoms with E-state index in [9.17, 15) is 4.79 Å². The fraction of sp³-hybridized carbons (Fsp3) is 0.875. The van der Waals surface area contributed by atoms with Crippen molar-refractivity contribution in [2.45, 2.75) is 57.0 Å². The lowest BCUT2D eigenvalue weighted by Crippen LogP contribution is -2.49. The van der Waals surface area contributed by atoms with Gasteiger partial charge in [-0.15, -0.1) is 0 Å². The number of hydrogen-bond donors (Lipinski definition) is 2. The van der Waals surface area contributed by atoms with Gasteiger partial charge in [0.2, 0.25) is 5.91 Å². The molecule has 2 aliphatic rings. The zero-order valence-corrected chi connectivity index (χ0v) is 14.8. The van der Waals surface area contributed by atoms with E-state index in [1.54, 1.807) is 19.0 Å². The van der Waals surface area contributed by atoms with Crippen LogP contribution in [0.3, 0.4) is 0 Å². The van der Waals surface area contributed by atoms with E-state index in [4.69, 9.17) is 0 Å². The summed E-state index contributed by atoms with van der Waals surface area (Å²) in [5.41, 5.74) is 0. The van der Waals surface area contributed by atoms with E-state index in [0.29, 0.717) is 12.1 Å². The van der Waals surface area contributed by atoms with Gasteiger partial charge in [-0.1, -0.05) is 19.3 Å². The molecule has 0 aromatic rings. The molecule has 0 radical (unpaired) electrons. The minimum Gasteiger partial charge on any atom is -0.354 e. The Bertz CT molecular complexity index is 352. The van der Waals surface area contributed by atoms with Crippen molar-refractivity contribution in [1.29, 1.82) is 0 Å². The van der Waals surface area contributed by atoms with Crippen molar-refractivity contribution in [2.75, 3.05) is 32.1 Å². The van der Waals surface area contributed by atoms with Crippen molar-refractivity contribution in [3.05, 3.63) is 0 Å². The van der Waals surface area contributed by atoms with Crippen LogP contribution in [0.15, 0.2) is 4.99 Å². The summed E-state index contributed by atoms with van der Waals surface area (Å²) in [5.74, 6) is 3.27. The molecule has 2 N–H and O–H groups in total. The number of hydrogen-bond acceptors (Lipinski definition) is 3. The SMILES string of the molecule is CN(C)C(=O)CN=C(NC1CCCCC1)NC1CCCSC1. The first-order valence-electron chi connectivity index (χ1n) is 8.50. The van der Waals surface area contributed by atoms with E-state index < -0.39 is 0 Å². The lowest BCUT2D eigenvalue weighted by molar-refractivity contribution is -0.127. The number of carbonyl (C=O) groups excluding carboxylic acids is 1. The Balaban J connectivity index is 1.91. The molecule has 0 bridgehead atoms. The summed E-state index contributed by atoms with van der Waals surface area (Å²) in [7, 11) is 3.55. The summed E-state index contributed by atoms with van der Waals surface area (Å²) < 4.78 is 0. The minimum absolute atomic E-state index is 0.0442. The lowest BCUT2D eigenvalue weighted by Gasteiger charge is -2.29. The van der Waals surface area contributed by atoms with Crippen LogP contribution in [0.2, 0.25) is 0 Å². The maximum atomic E-state index is 11.8. The molecule has 0 spiro atoms. The zero-order chi connectivity index (χ0) is 15.8. The fourth-order valence-electron chi connectivity index (χ4n) is 2.91. The molecule has 0 aromatic carbocycles. The highest BCUT2D eigenvalue weighted by molar-refractivity contribution is 7.99. The smallest absolute Gasteiger partial charge is 0.243 e. The average molecular weight is 327 g/mol. The zero-order valence-electron chi connectivity index (χ0n) is 13.9. The van der Waals surface area contributed by atoms with E-state index in [2.05, 4.69) is 15.6 Å². The molecule has 0 aromatic heterocycles. The Morgan fingerprint density at radius 1 is 1.09 bits per heavy atom. The third kappa shape index (κ3) is 6.07. The van der Waals surface area contributed by atoms with Gasteiger partial charge in [0, 0.05) is 31.9 Å². The van der Waals surface area contributed by atoms with Crippen LogP contribution < -0.4 is 10.6 Å². The van der Waals surface area contributed by atoms with Gasteiger partial charge < -0.3 is 15.5 Å². The quantitative estimate of drug-likeness (QED) is 0.611. The number of guanidine groups is 1. The molecular formula is C16H30N4OS. The van der Waals surface area contributed by atoms with Crippen molar-refractivity contribution < 1.29 is 4.79 Å². The number of nitrogens with one attached hydrogen (secondary N) is 2. The monoisotopic (exact) mass is 326 g/mol. The number of aliphatic imine (C=N–C) groups is 1. The van der Waals surface area contributed by atoms with Gasteiger partial charge in [-0.3, -0.25) is 4.79 Å². The molecule has 1 aliphatic heterocycles. The second kappa shape index (κ2) is 9.28. The largest absolute Gasteiger partial charge is 0.354 e. The Labute approximate surface area is 138 Å². The van der Waals surface area contributed by atoms with Crippen LogP contribution in [0.25, 0.3) is 0 Å². The minimum atomic E-state index is 0.0442. The third-order valence-corrected chi connectivity index (χ3v) is 5.53. The molecule has 1 unspecified atom stereocenters. The first-order valence-corrected chi connectivity index (χ1v) is 9.66. The molecule has 6 heteroatoms. The molecular weight excluding hydrogens is 296 g/mol. The number of likely N-dealkylation sites (N-methyl/N-ethyl adjacent to an activating group) is 1. The van der Waals surface area contributed by atoms with Crippen LogP contribution >= 0.6 is 11.8 Å². The van der Waals surface area contributed by atoms with Gasteiger partial charge in [-0.2, -0.15) is 11.8 Å². The van der Waals surface area contributed by atoms with Gasteiger partial charge >= 0.3 is 0 Å². The van der Waals surface area contributed by atoms with E-state index in [1.165, 1.54) is 50.7 Å². The molecule has 1 atom stereocenters. The highest BCUT2D eigenvalue weighted by Gasteiger charge is 2.19. The van der Waals surface area contributed by atoms with Gasteiger partial charge in [0.15, 0.2) is 5.96 Å². The van der Waals surface area contributed by atoms with Crippen molar-refractivity contribution in [3.8, 4) is 0 Å². The van der Waals surface area contributed by atoms with Gasteiger partial charge in [0.05, 0.1) is 0 Å². The molecule has 1 heterocycles. The average Bonchev–Trinajstić information content (AvgIpc) is 2.54. The molecule has 126 valence electrons. The van der Waals surface area contributed by atoms with Gasteiger partial charge in [0.25, 0.3) is 0 Å². The molecule has 2 fully saturated rings. The highest BCUT2D eigenvalue weighted by atomic mass is 32.2. The van der Waals surface area contributed by atoms with E-state index >= 15 is 0 Å². The van der Waals surface area contributed by atoms with E-state index in [0.717, 1.165) is 11.7 Å². The molecule has 1 aliphatic carbocycles. The fourth-order valence-corrected chi connectivity index (χ4v) is 3.98. The van der Waals surface area contributed by atoms with Crippen LogP contribution in [-0.4, -0.2) is 61.0 Å². The molecule has 2 rings (SSSR count). The highest BCUT2D eigenvalue weighted by Crippen LogP contribution is 2.18. The first kappa shape index (κ1) is 17.4. The Morgan fingerprint density at radius 3 is 2.41 bits per heavy atom. The summed E-state index contributed by atoms with van der Waals surface area (Å²) in [4.78, 5) is 17.9. The third-order valence-electron chi connectivity index (χ3n) is 4.32. The number of thioether (sulfide) groups is 1. The van der Waals surface area contributed by atoms with Crippen molar-refractivity contribution in [2.24, 2.45) is 4.99 Å². The van der Waals surface area contributed by atoms with Crippen molar-refractivity contribution in [1.82, 2.24) is 15.5 Å². The maximum Gasteiger partial charge on any atom is 0.243 e. The van der Waals surface area contributed by atoms with Crippen LogP contribution in [0.4, 0.5) is 0 Å². The predicted octanol–water partition coefficient (Wildman–Crippen LogP) is 1.84. The van der Waals surface area contributed by atoms with Crippen LogP contribution in [0, 0.1) is 0 Å². The molecule has 5 nitrogen and oxygen atoms in total. The Kier molecular flexibility index (Phi) is 7.36. The van der Waals surface area contributed by atoms with Crippen molar-refractivity contribution >= 4 is 23.6 Å². The van der Waals surface area contributed by atoms with Crippen LogP contribution in [0.1, 0.15) is 44.9 Å². The van der Waals surface area contributed by atoms with Gasteiger partial charge in [-0.25, -0.2) is 4.99 Å². The molecule has 1 saturated heterocycles. The second-order valence-corrected chi connectivity index (χ2v) is 7.64. The van der Waals surface area contributed by atoms with Gasteiger partial charge in [-0.05, 0) is 31.4 Å². The summed E-state index contributed by atoms with van der Waals surface area (Å²) in [6.07, 6.45) is 8.80. The first-order chi connectivity index (χ1) is 10.6. The lowest BCUT2D eigenvalue weighted by atomic mass is 9.96. The molecule has 1 amide bonds. The number of carbonyl (C=O) groups is 1. The number of amides is 1. The number of rotatable bonds is 4. The summed E-state index contributed by atoms with van der Waals surface area (Å²) >= 11 is 2.00. The summed E-state index contributed by atoms with van der Waals surface area (Å²) in [5, 5.41) is 7.10. The van der Waals surface area contributed by atoms with Crippen LogP contribution in [-0.2, 0) is 4.79 Å². The second-order valence-electron chi connectivity index (χ2n) is 6.49. The van der Waals surface area contributed by atoms with Crippen LogP contribution in [0.5, 0.6) is 0 Å². The Hall–Kier alpha value is -0.910. The molecule has 1 saturated carbocycles. The topological polar surface area (TPSA) is 56.7 Å². The summed E-state index contributed by atoms with van der Waals surface area (Å²) in [6, 6.07) is 0.980. The van der Waals surface area contributed by atoms with E-state index in [-0.39, 0.29) is 12.5 Å². The Morgan fingerprint density at radius 2 is 1.77 bits per heavy atom. The van der Waals surface area contributed by atoms with Gasteiger partial charge in [0.1, 0.15) is 6.54 Å². The predicted molar refractivity (Wildman–Crippen MR) is 94.5 cm³/mol. The standard InChI is InChI=1S/C16H30N4OS/c1-20(2)15(21)11-17-16(18-13-7-4-3-5-8-13)19-14-9-6-10-22-12-14/h13-14H,3-12H2,1-2H3,(H2,17,18,19). The normalized spacial score (nSPS) is 23.9.